The first-order valence-electron chi connectivity index (χ1n) is 8.90. The number of hydrogen-bond acceptors (Lipinski definition) is 5. The van der Waals surface area contributed by atoms with E-state index >= 15 is 0 Å². The molecular formula is C21H25N3O2S. The molecule has 0 radical (unpaired) electrons. The highest BCUT2D eigenvalue weighted by Crippen LogP contribution is 2.32. The molecule has 0 saturated heterocycles. The first-order valence-corrected chi connectivity index (χ1v) is 9.78. The molecule has 3 rings (SSSR count). The van der Waals surface area contributed by atoms with Crippen LogP contribution in [0.3, 0.4) is 0 Å². The van der Waals surface area contributed by atoms with Crippen LogP contribution in [-0.2, 0) is 6.54 Å². The Balaban J connectivity index is 1.98. The number of fused-ring (bicyclic) bond motifs is 1. The highest BCUT2D eigenvalue weighted by atomic mass is 32.1. The quantitative estimate of drug-likeness (QED) is 0.610. The van der Waals surface area contributed by atoms with Crippen LogP contribution in [0.25, 0.3) is 21.3 Å². The Hall–Kier alpha value is -2.28. The second kappa shape index (κ2) is 7.76. The summed E-state index contributed by atoms with van der Waals surface area (Å²) >= 11 is 1.48. The number of rotatable bonds is 7. The minimum absolute atomic E-state index is 0.128. The van der Waals surface area contributed by atoms with Crippen molar-refractivity contribution in [1.29, 1.82) is 0 Å². The Morgan fingerprint density at radius 2 is 2.07 bits per heavy atom. The molecular weight excluding hydrogens is 358 g/mol. The third-order valence-electron chi connectivity index (χ3n) is 4.30. The summed E-state index contributed by atoms with van der Waals surface area (Å²) in [7, 11) is 0. The molecule has 5 nitrogen and oxygen atoms in total. The van der Waals surface area contributed by atoms with Crippen LogP contribution in [0.5, 0.6) is 0 Å². The second-order valence-corrected chi connectivity index (χ2v) is 8.29. The van der Waals surface area contributed by atoms with Crippen molar-refractivity contribution >= 4 is 21.6 Å². The fourth-order valence-corrected chi connectivity index (χ4v) is 4.23. The van der Waals surface area contributed by atoms with Crippen LogP contribution in [0.4, 0.5) is 0 Å². The first-order chi connectivity index (χ1) is 12.8. The Bertz CT molecular complexity index is 1010. The minimum Gasteiger partial charge on any atom is -0.389 e. The van der Waals surface area contributed by atoms with E-state index in [4.69, 9.17) is 0 Å². The highest BCUT2D eigenvalue weighted by Gasteiger charge is 2.20. The van der Waals surface area contributed by atoms with Gasteiger partial charge in [-0.25, -0.2) is 4.98 Å². The molecule has 27 heavy (non-hydrogen) atoms. The normalized spacial score (nSPS) is 12.0. The maximum absolute atomic E-state index is 12.8. The molecule has 2 aromatic heterocycles. The van der Waals surface area contributed by atoms with E-state index in [0.717, 1.165) is 21.5 Å². The molecule has 6 heteroatoms. The lowest BCUT2D eigenvalue weighted by molar-refractivity contribution is 0.0368. The topological polar surface area (TPSA) is 69.2 Å². The van der Waals surface area contributed by atoms with Crippen LogP contribution >= 0.6 is 11.3 Å². The van der Waals surface area contributed by atoms with Crippen molar-refractivity contribution < 1.29 is 5.11 Å². The molecule has 0 amide bonds. The smallest absolute Gasteiger partial charge is 0.260 e. The zero-order chi connectivity index (χ0) is 19.6. The Morgan fingerprint density at radius 3 is 2.74 bits per heavy atom. The zero-order valence-electron chi connectivity index (χ0n) is 16.0. The van der Waals surface area contributed by atoms with Gasteiger partial charge in [0, 0.05) is 24.0 Å². The molecule has 0 aliphatic carbocycles. The number of aliphatic hydroxyl groups is 1. The minimum atomic E-state index is -0.839. The Morgan fingerprint density at radius 1 is 1.33 bits per heavy atom. The van der Waals surface area contributed by atoms with Gasteiger partial charge < -0.3 is 10.1 Å². The largest absolute Gasteiger partial charge is 0.389 e. The SMILES string of the molecule is C=CCN(Cc1nc2scc(-c3ccccc3C)c2c(=O)[nH]1)CC(C)(C)O. The standard InChI is InChI=1S/C21H25N3O2S/c1-5-10-24(13-21(3,4)26)11-17-22-19(25)18-16(12-27-20(18)23-17)15-9-7-6-8-14(15)2/h5-9,12,26H,1,10-11,13H2,2-4H3,(H,22,23,25). The molecule has 0 saturated carbocycles. The van der Waals surface area contributed by atoms with Crippen molar-refractivity contribution in [1.82, 2.24) is 14.9 Å². The van der Waals surface area contributed by atoms with Crippen LogP contribution in [0, 0.1) is 6.92 Å². The summed E-state index contributed by atoms with van der Waals surface area (Å²) in [5.41, 5.74) is 2.14. The molecule has 0 spiro atoms. The van der Waals surface area contributed by atoms with Gasteiger partial charge in [0.1, 0.15) is 10.7 Å². The molecule has 0 bridgehead atoms. The van der Waals surface area contributed by atoms with Gasteiger partial charge in [-0.3, -0.25) is 9.69 Å². The number of aromatic nitrogens is 2. The van der Waals surface area contributed by atoms with E-state index < -0.39 is 5.60 Å². The van der Waals surface area contributed by atoms with E-state index in [9.17, 15) is 9.90 Å². The van der Waals surface area contributed by atoms with Gasteiger partial charge in [0.25, 0.3) is 5.56 Å². The monoisotopic (exact) mass is 383 g/mol. The van der Waals surface area contributed by atoms with Gasteiger partial charge >= 0.3 is 0 Å². The van der Waals surface area contributed by atoms with E-state index in [2.05, 4.69) is 16.5 Å². The van der Waals surface area contributed by atoms with Crippen molar-refractivity contribution in [3.63, 3.8) is 0 Å². The van der Waals surface area contributed by atoms with Gasteiger partial charge in [-0.15, -0.1) is 17.9 Å². The summed E-state index contributed by atoms with van der Waals surface area (Å²) < 4.78 is 0. The van der Waals surface area contributed by atoms with Gasteiger partial charge in [-0.2, -0.15) is 0 Å². The van der Waals surface area contributed by atoms with Crippen molar-refractivity contribution in [3.8, 4) is 11.1 Å². The molecule has 2 heterocycles. The summed E-state index contributed by atoms with van der Waals surface area (Å²) in [4.78, 5) is 23.1. The number of benzene rings is 1. The molecule has 0 fully saturated rings. The lowest BCUT2D eigenvalue weighted by Crippen LogP contribution is -2.39. The number of nitrogens with zero attached hydrogens (tertiary/aromatic N) is 2. The molecule has 0 atom stereocenters. The zero-order valence-corrected chi connectivity index (χ0v) is 16.8. The van der Waals surface area contributed by atoms with E-state index in [-0.39, 0.29) is 5.56 Å². The Labute approximate surface area is 163 Å². The summed E-state index contributed by atoms with van der Waals surface area (Å²) in [5, 5.41) is 12.7. The number of nitrogens with one attached hydrogen (secondary N) is 1. The van der Waals surface area contributed by atoms with E-state index in [1.807, 2.05) is 41.5 Å². The summed E-state index contributed by atoms with van der Waals surface area (Å²) in [6.45, 7) is 10.8. The van der Waals surface area contributed by atoms with Gasteiger partial charge in [-0.05, 0) is 31.9 Å². The molecule has 0 unspecified atom stereocenters. The van der Waals surface area contributed by atoms with Gasteiger partial charge in [-0.1, -0.05) is 30.3 Å². The highest BCUT2D eigenvalue weighted by molar-refractivity contribution is 7.17. The van der Waals surface area contributed by atoms with Crippen molar-refractivity contribution in [3.05, 3.63) is 64.0 Å². The second-order valence-electron chi connectivity index (χ2n) is 7.43. The van der Waals surface area contributed by atoms with Gasteiger partial charge in [0.2, 0.25) is 0 Å². The molecule has 0 aliphatic rings. The first kappa shape index (κ1) is 19.5. The average Bonchev–Trinajstić information content (AvgIpc) is 2.98. The van der Waals surface area contributed by atoms with Crippen LogP contribution < -0.4 is 5.56 Å². The van der Waals surface area contributed by atoms with E-state index in [0.29, 0.717) is 30.8 Å². The number of thiophene rings is 1. The maximum Gasteiger partial charge on any atom is 0.260 e. The summed E-state index contributed by atoms with van der Waals surface area (Å²) in [6.07, 6.45) is 1.78. The van der Waals surface area contributed by atoms with Crippen LogP contribution in [0.2, 0.25) is 0 Å². The lowest BCUT2D eigenvalue weighted by Gasteiger charge is -2.27. The summed E-state index contributed by atoms with van der Waals surface area (Å²) in [6, 6.07) is 8.04. The fraction of sp³-hybridized carbons (Fsp3) is 0.333. The third kappa shape index (κ3) is 4.53. The van der Waals surface area contributed by atoms with Gasteiger partial charge in [0.15, 0.2) is 0 Å². The van der Waals surface area contributed by atoms with Crippen LogP contribution in [-0.4, -0.2) is 38.7 Å². The number of aromatic amines is 1. The Kier molecular flexibility index (Phi) is 5.60. The van der Waals surface area contributed by atoms with Crippen LogP contribution in [0.1, 0.15) is 25.2 Å². The molecule has 0 aliphatic heterocycles. The molecule has 142 valence electrons. The predicted molar refractivity (Wildman–Crippen MR) is 112 cm³/mol. The molecule has 1 aromatic carbocycles. The predicted octanol–water partition coefficient (Wildman–Crippen LogP) is 3.72. The van der Waals surface area contributed by atoms with Crippen molar-refractivity contribution in [2.45, 2.75) is 32.9 Å². The average molecular weight is 384 g/mol. The van der Waals surface area contributed by atoms with Crippen molar-refractivity contribution in [2.75, 3.05) is 13.1 Å². The van der Waals surface area contributed by atoms with Crippen molar-refractivity contribution in [2.24, 2.45) is 0 Å². The fourth-order valence-electron chi connectivity index (χ4n) is 3.27. The molecule has 2 N–H and O–H groups in total. The van der Waals surface area contributed by atoms with E-state index in [1.54, 1.807) is 19.9 Å². The van der Waals surface area contributed by atoms with E-state index in [1.165, 1.54) is 11.3 Å². The van der Waals surface area contributed by atoms with Crippen LogP contribution in [0.15, 0.2) is 47.1 Å². The summed E-state index contributed by atoms with van der Waals surface area (Å²) in [5.74, 6) is 0.594. The number of hydrogen-bond donors (Lipinski definition) is 2. The lowest BCUT2D eigenvalue weighted by atomic mass is 10.0. The maximum atomic E-state index is 12.8. The number of H-pyrrole nitrogens is 1. The third-order valence-corrected chi connectivity index (χ3v) is 5.17. The molecule has 3 aromatic rings. The van der Waals surface area contributed by atoms with Gasteiger partial charge in [0.05, 0.1) is 17.5 Å². The number of aryl methyl sites for hydroxylation is 1.